The van der Waals surface area contributed by atoms with Gasteiger partial charge in [0.15, 0.2) is 0 Å². The van der Waals surface area contributed by atoms with Gasteiger partial charge in [-0.25, -0.2) is 0 Å². The minimum atomic E-state index is 0.437. The van der Waals surface area contributed by atoms with Gasteiger partial charge in [0.05, 0.1) is 5.75 Å². The lowest BCUT2D eigenvalue weighted by molar-refractivity contribution is -0.117. The molecule has 0 aromatic rings. The molecule has 0 bridgehead atoms. The number of Topliss-reactive ketones (excluding diaryl/α,β-unsaturated/α-hetero) is 1. The molecule has 0 saturated heterocycles. The molecule has 0 spiro atoms. The van der Waals surface area contributed by atoms with E-state index in [0.717, 1.165) is 30.8 Å². The second kappa shape index (κ2) is 8.61. The van der Waals surface area contributed by atoms with Gasteiger partial charge in [-0.1, -0.05) is 33.6 Å². The maximum atomic E-state index is 11.4. The van der Waals surface area contributed by atoms with Gasteiger partial charge >= 0.3 is 0 Å². The summed E-state index contributed by atoms with van der Waals surface area (Å²) in [6, 6.07) is 0. The van der Waals surface area contributed by atoms with Crippen molar-refractivity contribution in [3.05, 3.63) is 0 Å². The number of carbonyl (C=O) groups is 1. The van der Waals surface area contributed by atoms with E-state index in [4.69, 9.17) is 0 Å². The van der Waals surface area contributed by atoms with E-state index >= 15 is 0 Å². The quantitative estimate of drug-likeness (QED) is 0.560. The molecule has 0 aromatic heterocycles. The van der Waals surface area contributed by atoms with Crippen LogP contribution in [-0.2, 0) is 4.79 Å². The molecule has 2 heteroatoms. The number of thioether (sulfide) groups is 1. The molecule has 0 aromatic carbocycles. The maximum Gasteiger partial charge on any atom is 0.143 e. The van der Waals surface area contributed by atoms with Crippen molar-refractivity contribution in [3.63, 3.8) is 0 Å². The number of rotatable bonds is 8. The van der Waals surface area contributed by atoms with Crippen LogP contribution in [0.4, 0.5) is 0 Å². The summed E-state index contributed by atoms with van der Waals surface area (Å²) in [6.07, 6.45) is 4.24. The Balaban J connectivity index is 3.48. The molecule has 0 saturated carbocycles. The highest BCUT2D eigenvalue weighted by atomic mass is 32.2. The van der Waals surface area contributed by atoms with E-state index in [-0.39, 0.29) is 0 Å². The molecule has 0 aliphatic heterocycles. The van der Waals surface area contributed by atoms with Crippen LogP contribution >= 0.6 is 11.8 Å². The molecular weight excluding hydrogens is 180 g/mol. The van der Waals surface area contributed by atoms with Gasteiger partial charge in [0.25, 0.3) is 0 Å². The third kappa shape index (κ3) is 7.12. The molecule has 0 heterocycles. The van der Waals surface area contributed by atoms with E-state index in [2.05, 4.69) is 20.8 Å². The summed E-state index contributed by atoms with van der Waals surface area (Å²) in [5.41, 5.74) is 0. The Morgan fingerprint density at radius 3 is 2.31 bits per heavy atom. The average Bonchev–Trinajstić information content (AvgIpc) is 2.14. The van der Waals surface area contributed by atoms with Crippen molar-refractivity contribution in [1.29, 1.82) is 0 Å². The van der Waals surface area contributed by atoms with Crippen LogP contribution in [0.5, 0.6) is 0 Å². The monoisotopic (exact) mass is 202 g/mol. The fraction of sp³-hybridized carbons (Fsp3) is 0.909. The van der Waals surface area contributed by atoms with Crippen molar-refractivity contribution in [1.82, 2.24) is 0 Å². The second-order valence-electron chi connectivity index (χ2n) is 3.48. The largest absolute Gasteiger partial charge is 0.299 e. The Labute approximate surface area is 86.7 Å². The molecule has 13 heavy (non-hydrogen) atoms. The van der Waals surface area contributed by atoms with Crippen LogP contribution in [-0.4, -0.2) is 17.3 Å². The van der Waals surface area contributed by atoms with Gasteiger partial charge in [0.2, 0.25) is 0 Å². The standard InChI is InChI=1S/C11H22OS/c1-4-7-13-9-11(12)8-10(5-2)6-3/h10H,4-9H2,1-3H3. The molecule has 0 N–H and O–H groups in total. The fourth-order valence-electron chi connectivity index (χ4n) is 1.29. The van der Waals surface area contributed by atoms with E-state index in [9.17, 15) is 4.79 Å². The molecule has 0 aliphatic carbocycles. The van der Waals surface area contributed by atoms with Gasteiger partial charge in [0.1, 0.15) is 5.78 Å². The molecule has 0 fully saturated rings. The van der Waals surface area contributed by atoms with Crippen LogP contribution in [0.1, 0.15) is 46.5 Å². The molecule has 0 amide bonds. The fourth-order valence-corrected chi connectivity index (χ4v) is 2.07. The van der Waals surface area contributed by atoms with E-state index in [1.54, 1.807) is 11.8 Å². The minimum absolute atomic E-state index is 0.437. The summed E-state index contributed by atoms with van der Waals surface area (Å²) >= 11 is 1.77. The number of carbonyl (C=O) groups excluding carboxylic acids is 1. The molecule has 0 unspecified atom stereocenters. The first kappa shape index (κ1) is 13.0. The smallest absolute Gasteiger partial charge is 0.143 e. The van der Waals surface area contributed by atoms with Crippen molar-refractivity contribution in [2.45, 2.75) is 46.5 Å². The zero-order chi connectivity index (χ0) is 10.1. The van der Waals surface area contributed by atoms with Crippen molar-refractivity contribution < 1.29 is 4.79 Å². The van der Waals surface area contributed by atoms with Gasteiger partial charge < -0.3 is 0 Å². The normalized spacial score (nSPS) is 10.8. The van der Waals surface area contributed by atoms with E-state index < -0.39 is 0 Å². The lowest BCUT2D eigenvalue weighted by Gasteiger charge is -2.10. The Morgan fingerprint density at radius 2 is 1.85 bits per heavy atom. The summed E-state index contributed by atoms with van der Waals surface area (Å²) in [4.78, 5) is 11.4. The molecule has 0 radical (unpaired) electrons. The van der Waals surface area contributed by atoms with Crippen LogP contribution in [0.3, 0.4) is 0 Å². The van der Waals surface area contributed by atoms with Crippen molar-refractivity contribution >= 4 is 17.5 Å². The van der Waals surface area contributed by atoms with Gasteiger partial charge in [-0.05, 0) is 18.1 Å². The van der Waals surface area contributed by atoms with E-state index in [1.165, 1.54) is 6.42 Å². The number of hydrogen-bond acceptors (Lipinski definition) is 2. The lowest BCUT2D eigenvalue weighted by atomic mass is 9.98. The third-order valence-corrected chi connectivity index (χ3v) is 3.51. The molecule has 78 valence electrons. The van der Waals surface area contributed by atoms with Gasteiger partial charge in [0, 0.05) is 6.42 Å². The first-order valence-electron chi connectivity index (χ1n) is 5.33. The molecule has 0 aliphatic rings. The third-order valence-electron chi connectivity index (χ3n) is 2.28. The van der Waals surface area contributed by atoms with E-state index in [0.29, 0.717) is 11.7 Å². The van der Waals surface area contributed by atoms with E-state index in [1.807, 2.05) is 0 Å². The van der Waals surface area contributed by atoms with Crippen LogP contribution in [0.15, 0.2) is 0 Å². The Hall–Kier alpha value is 0.0200. The van der Waals surface area contributed by atoms with Gasteiger partial charge in [-0.2, -0.15) is 11.8 Å². The maximum absolute atomic E-state index is 11.4. The molecule has 0 rings (SSSR count). The zero-order valence-corrected chi connectivity index (χ0v) is 9.95. The SMILES string of the molecule is CCCSCC(=O)CC(CC)CC. The van der Waals surface area contributed by atoms with Crippen LogP contribution in [0, 0.1) is 5.92 Å². The summed E-state index contributed by atoms with van der Waals surface area (Å²) in [5, 5.41) is 0. The topological polar surface area (TPSA) is 17.1 Å². The molecule has 1 nitrogen and oxygen atoms in total. The predicted octanol–water partition coefficient (Wildman–Crippen LogP) is 3.53. The summed E-state index contributed by atoms with van der Waals surface area (Å²) in [5.74, 6) is 2.90. The van der Waals surface area contributed by atoms with Crippen LogP contribution < -0.4 is 0 Å². The molecule has 0 atom stereocenters. The Bertz CT molecular complexity index is 130. The number of ketones is 1. The Kier molecular flexibility index (Phi) is 8.62. The summed E-state index contributed by atoms with van der Waals surface area (Å²) < 4.78 is 0. The van der Waals surface area contributed by atoms with Crippen molar-refractivity contribution in [2.75, 3.05) is 11.5 Å². The van der Waals surface area contributed by atoms with Gasteiger partial charge in [-0.15, -0.1) is 0 Å². The lowest BCUT2D eigenvalue weighted by Crippen LogP contribution is -2.09. The minimum Gasteiger partial charge on any atom is -0.299 e. The average molecular weight is 202 g/mol. The van der Waals surface area contributed by atoms with Crippen LogP contribution in [0.2, 0.25) is 0 Å². The first-order chi connectivity index (χ1) is 6.24. The van der Waals surface area contributed by atoms with Crippen LogP contribution in [0.25, 0.3) is 0 Å². The second-order valence-corrected chi connectivity index (χ2v) is 4.58. The highest BCUT2D eigenvalue weighted by molar-refractivity contribution is 7.99. The Morgan fingerprint density at radius 1 is 1.23 bits per heavy atom. The first-order valence-corrected chi connectivity index (χ1v) is 6.49. The highest BCUT2D eigenvalue weighted by Gasteiger charge is 2.09. The zero-order valence-electron chi connectivity index (χ0n) is 9.14. The molecular formula is C11H22OS. The summed E-state index contributed by atoms with van der Waals surface area (Å²) in [7, 11) is 0. The van der Waals surface area contributed by atoms with Gasteiger partial charge in [-0.3, -0.25) is 4.79 Å². The summed E-state index contributed by atoms with van der Waals surface area (Å²) in [6.45, 7) is 6.49. The highest BCUT2D eigenvalue weighted by Crippen LogP contribution is 2.14. The predicted molar refractivity (Wildman–Crippen MR) is 61.3 cm³/mol. The van der Waals surface area contributed by atoms with Crippen molar-refractivity contribution in [2.24, 2.45) is 5.92 Å². The number of hydrogen-bond donors (Lipinski definition) is 0. The van der Waals surface area contributed by atoms with Crippen molar-refractivity contribution in [3.8, 4) is 0 Å².